The summed E-state index contributed by atoms with van der Waals surface area (Å²) >= 11 is 5.70. The van der Waals surface area contributed by atoms with Crippen LogP contribution in [-0.2, 0) is 0 Å². The van der Waals surface area contributed by atoms with Gasteiger partial charge in [0.1, 0.15) is 24.1 Å². The second-order valence-electron chi connectivity index (χ2n) is 4.04. The first kappa shape index (κ1) is 12.7. The molecule has 1 aliphatic heterocycles. The van der Waals surface area contributed by atoms with Crippen molar-refractivity contribution in [1.29, 1.82) is 0 Å². The van der Waals surface area contributed by atoms with Gasteiger partial charge < -0.3 is 14.8 Å². The van der Waals surface area contributed by atoms with Crippen LogP contribution in [0.3, 0.4) is 0 Å². The van der Waals surface area contributed by atoms with Crippen molar-refractivity contribution in [3.05, 3.63) is 41.4 Å². The molecule has 0 radical (unpaired) electrons. The minimum Gasteiger partial charge on any atom is -0.486 e. The van der Waals surface area contributed by atoms with Crippen molar-refractivity contribution in [1.82, 2.24) is 9.97 Å². The largest absolute Gasteiger partial charge is 0.486 e. The fraction of sp³-hybridized carbons (Fsp3) is 0.154. The predicted molar refractivity (Wildman–Crippen MR) is 72.4 cm³/mol. The molecular weight excluding hydrogens is 282 g/mol. The smallest absolute Gasteiger partial charge is 0.275 e. The number of carbonyl (C=O) groups excluding carboxylic acids is 1. The van der Waals surface area contributed by atoms with E-state index in [0.717, 1.165) is 0 Å². The van der Waals surface area contributed by atoms with Crippen LogP contribution >= 0.6 is 11.6 Å². The number of nitrogens with zero attached hydrogens (tertiary/aromatic N) is 2. The second kappa shape index (κ2) is 5.34. The van der Waals surface area contributed by atoms with Crippen LogP contribution in [0.4, 0.5) is 5.69 Å². The summed E-state index contributed by atoms with van der Waals surface area (Å²) in [5, 5.41) is 2.87. The van der Waals surface area contributed by atoms with E-state index in [-0.39, 0.29) is 10.8 Å². The van der Waals surface area contributed by atoms with Crippen molar-refractivity contribution >= 4 is 23.2 Å². The Hall–Kier alpha value is -2.34. The van der Waals surface area contributed by atoms with Crippen molar-refractivity contribution in [2.45, 2.75) is 0 Å². The van der Waals surface area contributed by atoms with E-state index >= 15 is 0 Å². The minimum atomic E-state index is -0.392. The van der Waals surface area contributed by atoms with Crippen molar-refractivity contribution in [2.24, 2.45) is 0 Å². The fourth-order valence-electron chi connectivity index (χ4n) is 1.77. The van der Waals surface area contributed by atoms with Crippen LogP contribution in [0.2, 0.25) is 5.15 Å². The van der Waals surface area contributed by atoms with E-state index in [1.54, 1.807) is 18.2 Å². The minimum absolute atomic E-state index is 0.146. The summed E-state index contributed by atoms with van der Waals surface area (Å²) < 4.78 is 10.9. The lowest BCUT2D eigenvalue weighted by Crippen LogP contribution is -2.17. The Morgan fingerprint density at radius 1 is 1.20 bits per heavy atom. The molecule has 20 heavy (non-hydrogen) atoms. The van der Waals surface area contributed by atoms with Crippen LogP contribution < -0.4 is 14.8 Å². The molecule has 1 aliphatic rings. The predicted octanol–water partition coefficient (Wildman–Crippen LogP) is 2.15. The zero-order valence-electron chi connectivity index (χ0n) is 10.3. The monoisotopic (exact) mass is 291 g/mol. The molecule has 1 amide bonds. The highest BCUT2D eigenvalue weighted by Gasteiger charge is 2.14. The Labute approximate surface area is 119 Å². The number of carbonyl (C=O) groups is 1. The molecule has 1 N–H and O–H groups in total. The Kier molecular flexibility index (Phi) is 3.39. The van der Waals surface area contributed by atoms with Crippen molar-refractivity contribution in [3.63, 3.8) is 0 Å². The maximum atomic E-state index is 12.0. The molecule has 0 saturated carbocycles. The van der Waals surface area contributed by atoms with Crippen LogP contribution in [0.5, 0.6) is 11.5 Å². The molecular formula is C13H10ClN3O3. The van der Waals surface area contributed by atoms with Crippen LogP contribution in [0.25, 0.3) is 0 Å². The van der Waals surface area contributed by atoms with Crippen molar-refractivity contribution in [2.75, 3.05) is 18.5 Å². The van der Waals surface area contributed by atoms with Gasteiger partial charge >= 0.3 is 0 Å². The van der Waals surface area contributed by atoms with Gasteiger partial charge in [0.2, 0.25) is 0 Å². The average molecular weight is 292 g/mol. The first-order valence-electron chi connectivity index (χ1n) is 5.91. The standard InChI is InChI=1S/C13H10ClN3O3/c14-12-7-15-6-9(17-12)13(18)16-8-1-2-10-11(5-8)20-4-3-19-10/h1-2,5-7H,3-4H2,(H,16,18). The van der Waals surface area contributed by atoms with E-state index in [0.29, 0.717) is 30.4 Å². The lowest BCUT2D eigenvalue weighted by atomic mass is 10.2. The first-order valence-corrected chi connectivity index (χ1v) is 6.29. The number of hydrogen-bond donors (Lipinski definition) is 1. The molecule has 0 spiro atoms. The molecule has 7 heteroatoms. The molecule has 0 unspecified atom stereocenters. The topological polar surface area (TPSA) is 73.3 Å². The SMILES string of the molecule is O=C(Nc1ccc2c(c1)OCCO2)c1cncc(Cl)n1. The Morgan fingerprint density at radius 3 is 2.80 bits per heavy atom. The number of fused-ring (bicyclic) bond motifs is 1. The number of nitrogens with one attached hydrogen (secondary N) is 1. The Bertz CT molecular complexity index is 663. The van der Waals surface area contributed by atoms with Gasteiger partial charge in [0.25, 0.3) is 5.91 Å². The van der Waals surface area contributed by atoms with E-state index in [4.69, 9.17) is 21.1 Å². The molecule has 2 heterocycles. The van der Waals surface area contributed by atoms with Gasteiger partial charge in [0, 0.05) is 11.8 Å². The van der Waals surface area contributed by atoms with Crippen molar-refractivity contribution in [3.8, 4) is 11.5 Å². The first-order chi connectivity index (χ1) is 9.72. The Balaban J connectivity index is 1.79. The van der Waals surface area contributed by atoms with E-state index in [2.05, 4.69) is 15.3 Å². The highest BCUT2D eigenvalue weighted by Crippen LogP contribution is 2.32. The molecule has 102 valence electrons. The van der Waals surface area contributed by atoms with Gasteiger partial charge in [-0.3, -0.25) is 9.78 Å². The molecule has 6 nitrogen and oxygen atoms in total. The third kappa shape index (κ3) is 2.65. The summed E-state index contributed by atoms with van der Waals surface area (Å²) in [5.74, 6) is 0.875. The summed E-state index contributed by atoms with van der Waals surface area (Å²) in [6.45, 7) is 1.01. The van der Waals surface area contributed by atoms with Crippen LogP contribution in [0.15, 0.2) is 30.6 Å². The van der Waals surface area contributed by atoms with Gasteiger partial charge in [-0.1, -0.05) is 11.6 Å². The summed E-state index contributed by atoms with van der Waals surface area (Å²) in [4.78, 5) is 19.7. The van der Waals surface area contributed by atoms with E-state index in [9.17, 15) is 4.79 Å². The molecule has 2 aromatic rings. The van der Waals surface area contributed by atoms with Crippen LogP contribution in [-0.4, -0.2) is 29.1 Å². The number of rotatable bonds is 2. The quantitative estimate of drug-likeness (QED) is 0.918. The fourth-order valence-corrected chi connectivity index (χ4v) is 1.92. The normalized spacial score (nSPS) is 12.8. The van der Waals surface area contributed by atoms with E-state index in [1.165, 1.54) is 12.4 Å². The van der Waals surface area contributed by atoms with Gasteiger partial charge in [0.05, 0.1) is 12.4 Å². The van der Waals surface area contributed by atoms with Crippen LogP contribution in [0, 0.1) is 0 Å². The summed E-state index contributed by atoms with van der Waals surface area (Å²) in [7, 11) is 0. The number of halogens is 1. The van der Waals surface area contributed by atoms with Gasteiger partial charge in [-0.15, -0.1) is 0 Å². The summed E-state index contributed by atoms with van der Waals surface area (Å²) in [6.07, 6.45) is 2.71. The lowest BCUT2D eigenvalue weighted by Gasteiger charge is -2.18. The molecule has 0 atom stereocenters. The van der Waals surface area contributed by atoms with E-state index < -0.39 is 5.91 Å². The lowest BCUT2D eigenvalue weighted by molar-refractivity contribution is 0.102. The highest BCUT2D eigenvalue weighted by atomic mass is 35.5. The maximum absolute atomic E-state index is 12.0. The van der Waals surface area contributed by atoms with Gasteiger partial charge in [-0.25, -0.2) is 4.98 Å². The maximum Gasteiger partial charge on any atom is 0.275 e. The number of aromatic nitrogens is 2. The van der Waals surface area contributed by atoms with Gasteiger partial charge in [0.15, 0.2) is 11.5 Å². The average Bonchev–Trinajstić information content (AvgIpc) is 2.47. The number of amides is 1. The third-order valence-corrected chi connectivity index (χ3v) is 2.82. The van der Waals surface area contributed by atoms with Crippen LogP contribution in [0.1, 0.15) is 10.5 Å². The second-order valence-corrected chi connectivity index (χ2v) is 4.43. The molecule has 1 aromatic carbocycles. The van der Waals surface area contributed by atoms with E-state index in [1.807, 2.05) is 0 Å². The molecule has 0 aliphatic carbocycles. The molecule has 0 saturated heterocycles. The number of benzene rings is 1. The zero-order chi connectivity index (χ0) is 13.9. The molecule has 3 rings (SSSR count). The number of hydrogen-bond acceptors (Lipinski definition) is 5. The zero-order valence-corrected chi connectivity index (χ0v) is 11.1. The summed E-state index contributed by atoms with van der Waals surface area (Å²) in [5.41, 5.74) is 0.730. The molecule has 0 bridgehead atoms. The van der Waals surface area contributed by atoms with Crippen molar-refractivity contribution < 1.29 is 14.3 Å². The number of anilines is 1. The Morgan fingerprint density at radius 2 is 2.00 bits per heavy atom. The molecule has 0 fully saturated rings. The summed E-state index contributed by atoms with van der Waals surface area (Å²) in [6, 6.07) is 5.17. The third-order valence-electron chi connectivity index (χ3n) is 2.64. The van der Waals surface area contributed by atoms with Gasteiger partial charge in [-0.05, 0) is 12.1 Å². The number of ether oxygens (including phenoxy) is 2. The van der Waals surface area contributed by atoms with Gasteiger partial charge in [-0.2, -0.15) is 0 Å². The molecule has 1 aromatic heterocycles. The highest BCUT2D eigenvalue weighted by molar-refractivity contribution is 6.29.